The summed E-state index contributed by atoms with van der Waals surface area (Å²) in [4.78, 5) is 31.9. The third-order valence-electron chi connectivity index (χ3n) is 8.23. The third kappa shape index (κ3) is 3.68. The van der Waals surface area contributed by atoms with Gasteiger partial charge in [-0.15, -0.1) is 0 Å². The lowest BCUT2D eigenvalue weighted by atomic mass is 9.71. The Hall–Kier alpha value is -2.87. The van der Waals surface area contributed by atoms with Crippen LogP contribution in [0.4, 0.5) is 0 Å². The van der Waals surface area contributed by atoms with Crippen LogP contribution in [0.2, 0.25) is 0 Å². The van der Waals surface area contributed by atoms with Gasteiger partial charge in [0, 0.05) is 36.2 Å². The maximum atomic E-state index is 12.8. The van der Waals surface area contributed by atoms with E-state index in [-0.39, 0.29) is 23.6 Å². The topological polar surface area (TPSA) is 86.3 Å². The molecular weight excluding hydrogens is 434 g/mol. The molecule has 8 nitrogen and oxygen atoms in total. The van der Waals surface area contributed by atoms with Crippen molar-refractivity contribution in [3.63, 3.8) is 0 Å². The molecule has 180 valence electrons. The van der Waals surface area contributed by atoms with Crippen molar-refractivity contribution in [2.75, 3.05) is 33.4 Å². The van der Waals surface area contributed by atoms with Gasteiger partial charge in [0.25, 0.3) is 0 Å². The molecule has 3 heterocycles. The summed E-state index contributed by atoms with van der Waals surface area (Å²) >= 11 is 0. The Bertz CT molecular complexity index is 1220. The number of aliphatic imine (C=N–C) groups is 1. The second kappa shape index (κ2) is 8.12. The molecule has 4 aliphatic rings. The van der Waals surface area contributed by atoms with Crippen molar-refractivity contribution in [2.45, 2.75) is 44.6 Å². The maximum absolute atomic E-state index is 12.8. The van der Waals surface area contributed by atoms with Gasteiger partial charge < -0.3 is 18.8 Å². The highest BCUT2D eigenvalue weighted by Gasteiger charge is 2.55. The summed E-state index contributed by atoms with van der Waals surface area (Å²) in [7, 11) is 1.59. The summed E-state index contributed by atoms with van der Waals surface area (Å²) in [5, 5.41) is 0. The minimum Gasteiger partial charge on any atom is -0.481 e. The van der Waals surface area contributed by atoms with E-state index in [1.807, 2.05) is 17.0 Å². The maximum Gasteiger partial charge on any atom is 0.420 e. The van der Waals surface area contributed by atoms with E-state index >= 15 is 0 Å². The molecule has 0 atom stereocenters. The molecular formula is C26H31N3O5. The van der Waals surface area contributed by atoms with Gasteiger partial charge in [-0.25, -0.2) is 9.79 Å². The van der Waals surface area contributed by atoms with Gasteiger partial charge in [0.15, 0.2) is 5.58 Å². The minimum atomic E-state index is -0.378. The van der Waals surface area contributed by atoms with Crippen LogP contribution in [0.1, 0.15) is 50.1 Å². The molecule has 34 heavy (non-hydrogen) atoms. The van der Waals surface area contributed by atoms with E-state index in [2.05, 4.69) is 6.58 Å². The highest BCUT2D eigenvalue weighted by molar-refractivity contribution is 5.97. The Kier molecular flexibility index (Phi) is 5.17. The van der Waals surface area contributed by atoms with Gasteiger partial charge in [0.2, 0.25) is 11.8 Å². The van der Waals surface area contributed by atoms with Gasteiger partial charge in [-0.2, -0.15) is 0 Å². The number of fused-ring (bicyclic) bond motifs is 1. The van der Waals surface area contributed by atoms with E-state index in [0.717, 1.165) is 50.0 Å². The predicted octanol–water partition coefficient (Wildman–Crippen LogP) is 3.50. The standard InChI is InChI=1S/C26H31N3O5/c1-16(17-5-9-28(10-6-17)24(30)19-12-26(13-19)7-8-26)27-23(32-2)18-3-4-22-21(11-18)29(25(31)34-22)20-14-33-15-20/h3-4,11,17,19-20H,1,5-10,12-15H2,2H3/b27-23-. The van der Waals surface area contributed by atoms with E-state index in [1.165, 1.54) is 12.8 Å². The number of allylic oxidation sites excluding steroid dienone is 1. The molecule has 1 spiro atoms. The Morgan fingerprint density at radius 2 is 1.91 bits per heavy atom. The van der Waals surface area contributed by atoms with Crippen LogP contribution < -0.4 is 5.76 Å². The first kappa shape index (κ1) is 21.6. The number of hydrogen-bond donors (Lipinski definition) is 0. The fourth-order valence-corrected chi connectivity index (χ4v) is 5.77. The Morgan fingerprint density at radius 3 is 2.53 bits per heavy atom. The van der Waals surface area contributed by atoms with Gasteiger partial charge in [-0.1, -0.05) is 6.58 Å². The molecule has 2 aromatic rings. The molecule has 2 aliphatic heterocycles. The molecule has 0 bridgehead atoms. The molecule has 1 aromatic heterocycles. The summed E-state index contributed by atoms with van der Waals surface area (Å²) in [6, 6.07) is 5.48. The number of ether oxygens (including phenoxy) is 2. The van der Waals surface area contributed by atoms with Crippen LogP contribution in [0, 0.1) is 17.3 Å². The number of methoxy groups -OCH3 is 1. The fourth-order valence-electron chi connectivity index (χ4n) is 5.77. The Balaban J connectivity index is 1.14. The zero-order valence-electron chi connectivity index (χ0n) is 19.6. The average Bonchev–Trinajstić information content (AvgIpc) is 3.54. The molecule has 6 rings (SSSR count). The molecule has 0 radical (unpaired) electrons. The number of likely N-dealkylation sites (tertiary alicyclic amines) is 1. The third-order valence-corrected chi connectivity index (χ3v) is 8.23. The Morgan fingerprint density at radius 1 is 1.18 bits per heavy atom. The summed E-state index contributed by atoms with van der Waals surface area (Å²) in [5.41, 5.74) is 3.32. The summed E-state index contributed by atoms with van der Waals surface area (Å²) in [6.45, 7) is 6.76. The predicted molar refractivity (Wildman–Crippen MR) is 127 cm³/mol. The zero-order valence-corrected chi connectivity index (χ0v) is 19.6. The highest BCUT2D eigenvalue weighted by Crippen LogP contribution is 2.63. The molecule has 1 aromatic carbocycles. The monoisotopic (exact) mass is 465 g/mol. The molecule has 8 heteroatoms. The van der Waals surface area contributed by atoms with Gasteiger partial charge >= 0.3 is 5.76 Å². The highest BCUT2D eigenvalue weighted by atomic mass is 16.5. The average molecular weight is 466 g/mol. The van der Waals surface area contributed by atoms with Crippen LogP contribution in [-0.4, -0.2) is 54.7 Å². The van der Waals surface area contributed by atoms with Crippen molar-refractivity contribution in [2.24, 2.45) is 22.2 Å². The van der Waals surface area contributed by atoms with Gasteiger partial charge in [-0.3, -0.25) is 9.36 Å². The second-order valence-electron chi connectivity index (χ2n) is 10.4. The number of rotatable bonds is 5. The van der Waals surface area contributed by atoms with Crippen LogP contribution in [0.5, 0.6) is 0 Å². The molecule has 1 amide bonds. The zero-order chi connectivity index (χ0) is 23.4. The number of hydrogen-bond acceptors (Lipinski definition) is 6. The first-order valence-electron chi connectivity index (χ1n) is 12.3. The number of nitrogens with zero attached hydrogens (tertiary/aromatic N) is 3. The van der Waals surface area contributed by atoms with E-state index in [0.29, 0.717) is 41.5 Å². The summed E-state index contributed by atoms with van der Waals surface area (Å²) in [6.07, 6.45) is 6.57. The lowest BCUT2D eigenvalue weighted by molar-refractivity contribution is -0.142. The molecule has 2 saturated carbocycles. The first-order chi connectivity index (χ1) is 16.5. The van der Waals surface area contributed by atoms with Crippen molar-refractivity contribution in [3.8, 4) is 0 Å². The number of aromatic nitrogens is 1. The van der Waals surface area contributed by atoms with Crippen molar-refractivity contribution >= 4 is 22.9 Å². The Labute approximate surface area is 198 Å². The number of amides is 1. The summed E-state index contributed by atoms with van der Waals surface area (Å²) in [5.74, 6) is 0.894. The lowest BCUT2D eigenvalue weighted by Crippen LogP contribution is -2.46. The smallest absolute Gasteiger partial charge is 0.420 e. The number of oxazole rings is 1. The summed E-state index contributed by atoms with van der Waals surface area (Å²) < 4.78 is 17.9. The van der Waals surface area contributed by atoms with Crippen LogP contribution >= 0.6 is 0 Å². The number of carbonyl (C=O) groups is 1. The molecule has 0 N–H and O–H groups in total. The first-order valence-corrected chi connectivity index (χ1v) is 12.3. The van der Waals surface area contributed by atoms with Crippen LogP contribution in [-0.2, 0) is 14.3 Å². The van der Waals surface area contributed by atoms with E-state index < -0.39 is 0 Å². The fraction of sp³-hybridized carbons (Fsp3) is 0.577. The number of carbonyl (C=O) groups excluding carboxylic acids is 1. The van der Waals surface area contributed by atoms with Gasteiger partial charge in [0.05, 0.1) is 31.9 Å². The molecule has 2 aliphatic carbocycles. The van der Waals surface area contributed by atoms with Crippen LogP contribution in [0.15, 0.2) is 44.7 Å². The SMILES string of the molecule is C=C(/N=C(\OC)c1ccc2oc(=O)n(C3COC3)c2c1)C1CCN(C(=O)C2CC3(CC3)C2)CC1. The van der Waals surface area contributed by atoms with Gasteiger partial charge in [-0.05, 0) is 62.1 Å². The minimum absolute atomic E-state index is 0.00969. The molecule has 0 unspecified atom stereocenters. The van der Waals surface area contributed by atoms with Gasteiger partial charge in [0.1, 0.15) is 0 Å². The van der Waals surface area contributed by atoms with Crippen LogP contribution in [0.3, 0.4) is 0 Å². The number of piperidine rings is 1. The lowest BCUT2D eigenvalue weighted by Gasteiger charge is -2.40. The normalized spacial score (nSPS) is 23.1. The van der Waals surface area contributed by atoms with Crippen molar-refractivity contribution in [1.29, 1.82) is 0 Å². The molecule has 2 saturated heterocycles. The molecule has 4 fully saturated rings. The largest absolute Gasteiger partial charge is 0.481 e. The quantitative estimate of drug-likeness (QED) is 0.498. The van der Waals surface area contributed by atoms with Crippen molar-refractivity contribution < 1.29 is 18.7 Å². The van der Waals surface area contributed by atoms with Crippen molar-refractivity contribution in [3.05, 3.63) is 46.6 Å². The van der Waals surface area contributed by atoms with E-state index in [4.69, 9.17) is 18.9 Å². The van der Waals surface area contributed by atoms with E-state index in [9.17, 15) is 9.59 Å². The van der Waals surface area contributed by atoms with Crippen LogP contribution in [0.25, 0.3) is 11.1 Å². The number of benzene rings is 1. The van der Waals surface area contributed by atoms with Crippen molar-refractivity contribution in [1.82, 2.24) is 9.47 Å². The van der Waals surface area contributed by atoms with E-state index in [1.54, 1.807) is 17.7 Å². The second-order valence-corrected chi connectivity index (χ2v) is 10.4.